The molecule has 0 amide bonds. The molecule has 1 aliphatic carbocycles. The van der Waals surface area contributed by atoms with Crippen molar-refractivity contribution in [3.05, 3.63) is 34.9 Å². The van der Waals surface area contributed by atoms with Gasteiger partial charge in [0.15, 0.2) is 0 Å². The molecule has 0 N–H and O–H groups in total. The lowest BCUT2D eigenvalue weighted by Crippen LogP contribution is -2.32. The molecular formula is C17H21ClF3NO. The van der Waals surface area contributed by atoms with Gasteiger partial charge in [-0.15, -0.1) is 12.4 Å². The number of rotatable bonds is 1. The van der Waals surface area contributed by atoms with Crippen LogP contribution in [0.25, 0.3) is 0 Å². The van der Waals surface area contributed by atoms with Crippen LogP contribution in [-0.2, 0) is 17.5 Å². The SMILES string of the molecule is Cl.FC(F)(F)c1cccc2c1CO[C@H]1CN(C3CCCC3)C[C@@H]21. The van der Waals surface area contributed by atoms with Gasteiger partial charge in [-0.3, -0.25) is 4.90 Å². The van der Waals surface area contributed by atoms with Crippen molar-refractivity contribution in [2.45, 2.75) is 56.5 Å². The third kappa shape index (κ3) is 2.99. The van der Waals surface area contributed by atoms with E-state index in [9.17, 15) is 13.2 Å². The van der Waals surface area contributed by atoms with Gasteiger partial charge in [-0.1, -0.05) is 25.0 Å². The van der Waals surface area contributed by atoms with Crippen LogP contribution >= 0.6 is 12.4 Å². The van der Waals surface area contributed by atoms with Crippen LogP contribution in [0.5, 0.6) is 0 Å². The van der Waals surface area contributed by atoms with Crippen LogP contribution in [-0.4, -0.2) is 30.1 Å². The molecular weight excluding hydrogens is 327 g/mol. The minimum atomic E-state index is -4.30. The van der Waals surface area contributed by atoms with E-state index in [1.54, 1.807) is 6.07 Å². The third-order valence-electron chi connectivity index (χ3n) is 5.49. The molecule has 0 radical (unpaired) electrons. The summed E-state index contributed by atoms with van der Waals surface area (Å²) in [5.41, 5.74) is 0.680. The van der Waals surface area contributed by atoms with E-state index in [4.69, 9.17) is 4.74 Å². The smallest absolute Gasteiger partial charge is 0.371 e. The number of nitrogens with zero attached hydrogens (tertiary/aromatic N) is 1. The number of likely N-dealkylation sites (tertiary alicyclic amines) is 1. The van der Waals surface area contributed by atoms with Crippen molar-refractivity contribution in [2.24, 2.45) is 0 Å². The van der Waals surface area contributed by atoms with Crippen molar-refractivity contribution in [3.63, 3.8) is 0 Å². The monoisotopic (exact) mass is 347 g/mol. The number of hydrogen-bond donors (Lipinski definition) is 0. The van der Waals surface area contributed by atoms with Gasteiger partial charge in [-0.2, -0.15) is 13.2 Å². The van der Waals surface area contributed by atoms with Crippen molar-refractivity contribution in [1.82, 2.24) is 4.90 Å². The standard InChI is InChI=1S/C17H20F3NO.ClH/c18-17(19,20)15-7-3-6-12-13-8-21(11-4-1-2-5-11)9-16(13)22-10-14(12)15;/h3,6-7,11,13,16H,1-2,4-5,8-10H2;1H/t13-,16-;/m0./s1. The molecule has 1 saturated carbocycles. The van der Waals surface area contributed by atoms with E-state index in [-0.39, 0.29) is 31.0 Å². The molecule has 4 rings (SSSR count). The summed E-state index contributed by atoms with van der Waals surface area (Å²) in [6, 6.07) is 5.18. The normalized spacial score (nSPS) is 28.3. The summed E-state index contributed by atoms with van der Waals surface area (Å²) in [5.74, 6) is 0.0895. The summed E-state index contributed by atoms with van der Waals surface area (Å²) < 4.78 is 45.3. The first-order valence-electron chi connectivity index (χ1n) is 8.08. The first kappa shape index (κ1) is 17.1. The van der Waals surface area contributed by atoms with Crippen LogP contribution in [0.3, 0.4) is 0 Å². The van der Waals surface area contributed by atoms with E-state index in [1.165, 1.54) is 31.7 Å². The van der Waals surface area contributed by atoms with Gasteiger partial charge in [0, 0.05) is 25.0 Å². The quantitative estimate of drug-likeness (QED) is 0.748. The molecule has 6 heteroatoms. The Morgan fingerprint density at radius 3 is 2.52 bits per heavy atom. The van der Waals surface area contributed by atoms with Gasteiger partial charge >= 0.3 is 6.18 Å². The summed E-state index contributed by atoms with van der Waals surface area (Å²) in [4.78, 5) is 2.44. The Labute approximate surface area is 140 Å². The lowest BCUT2D eigenvalue weighted by atomic mass is 9.87. The van der Waals surface area contributed by atoms with Gasteiger partial charge < -0.3 is 4.74 Å². The highest BCUT2D eigenvalue weighted by molar-refractivity contribution is 5.85. The Bertz CT molecular complexity index is 571. The van der Waals surface area contributed by atoms with E-state index < -0.39 is 11.7 Å². The number of benzene rings is 1. The van der Waals surface area contributed by atoms with Crippen LogP contribution in [0.2, 0.25) is 0 Å². The maximum absolute atomic E-state index is 13.2. The Kier molecular flexibility index (Phi) is 4.64. The van der Waals surface area contributed by atoms with Gasteiger partial charge in [0.2, 0.25) is 0 Å². The fraction of sp³-hybridized carbons (Fsp3) is 0.647. The molecule has 128 valence electrons. The van der Waals surface area contributed by atoms with Crippen molar-refractivity contribution < 1.29 is 17.9 Å². The fourth-order valence-electron chi connectivity index (χ4n) is 4.41. The third-order valence-corrected chi connectivity index (χ3v) is 5.49. The highest BCUT2D eigenvalue weighted by Crippen LogP contribution is 2.43. The van der Waals surface area contributed by atoms with Crippen molar-refractivity contribution in [2.75, 3.05) is 13.1 Å². The predicted octanol–water partition coefficient (Wildman–Crippen LogP) is 4.37. The van der Waals surface area contributed by atoms with E-state index >= 15 is 0 Å². The van der Waals surface area contributed by atoms with E-state index in [1.807, 2.05) is 6.07 Å². The van der Waals surface area contributed by atoms with Crippen molar-refractivity contribution in [3.8, 4) is 0 Å². The molecule has 0 unspecified atom stereocenters. The number of hydrogen-bond acceptors (Lipinski definition) is 2. The molecule has 2 atom stereocenters. The van der Waals surface area contributed by atoms with Gasteiger partial charge in [-0.25, -0.2) is 0 Å². The zero-order valence-electron chi connectivity index (χ0n) is 12.8. The van der Waals surface area contributed by atoms with Gasteiger partial charge in [0.1, 0.15) is 0 Å². The summed E-state index contributed by atoms with van der Waals surface area (Å²) >= 11 is 0. The summed E-state index contributed by atoms with van der Waals surface area (Å²) in [7, 11) is 0. The number of halogens is 4. The average molecular weight is 348 g/mol. The molecule has 1 saturated heterocycles. The highest BCUT2D eigenvalue weighted by Gasteiger charge is 2.44. The second kappa shape index (κ2) is 6.26. The Balaban J connectivity index is 0.00000156. The van der Waals surface area contributed by atoms with E-state index in [0.29, 0.717) is 11.6 Å². The minimum absolute atomic E-state index is 0. The van der Waals surface area contributed by atoms with Crippen LogP contribution in [0, 0.1) is 0 Å². The summed E-state index contributed by atoms with van der Waals surface area (Å²) in [6.45, 7) is 1.79. The second-order valence-electron chi connectivity index (χ2n) is 6.72. The fourth-order valence-corrected chi connectivity index (χ4v) is 4.41. The summed E-state index contributed by atoms with van der Waals surface area (Å²) in [5, 5.41) is 0. The Morgan fingerprint density at radius 1 is 1.09 bits per heavy atom. The van der Waals surface area contributed by atoms with Gasteiger partial charge in [0.05, 0.1) is 18.3 Å². The minimum Gasteiger partial charge on any atom is -0.371 e. The molecule has 0 bridgehead atoms. The van der Waals surface area contributed by atoms with Crippen molar-refractivity contribution in [1.29, 1.82) is 0 Å². The van der Waals surface area contributed by atoms with Crippen LogP contribution in [0.15, 0.2) is 18.2 Å². The maximum atomic E-state index is 13.2. The number of ether oxygens (including phenoxy) is 1. The molecule has 0 spiro atoms. The Hall–Kier alpha value is -0.780. The molecule has 2 nitrogen and oxygen atoms in total. The zero-order valence-corrected chi connectivity index (χ0v) is 13.6. The molecule has 3 aliphatic rings. The zero-order chi connectivity index (χ0) is 15.3. The second-order valence-corrected chi connectivity index (χ2v) is 6.72. The predicted molar refractivity (Wildman–Crippen MR) is 83.8 cm³/mol. The first-order chi connectivity index (χ1) is 10.5. The summed E-state index contributed by atoms with van der Waals surface area (Å²) in [6.07, 6.45) is 0.726. The van der Waals surface area contributed by atoms with Crippen LogP contribution < -0.4 is 0 Å². The van der Waals surface area contributed by atoms with Gasteiger partial charge in [0.25, 0.3) is 0 Å². The van der Waals surface area contributed by atoms with E-state index in [2.05, 4.69) is 4.90 Å². The molecule has 0 aromatic heterocycles. The maximum Gasteiger partial charge on any atom is 0.416 e. The topological polar surface area (TPSA) is 12.5 Å². The number of fused-ring (bicyclic) bond motifs is 3. The molecule has 2 fully saturated rings. The molecule has 1 aromatic rings. The first-order valence-corrected chi connectivity index (χ1v) is 8.08. The van der Waals surface area contributed by atoms with E-state index in [0.717, 1.165) is 18.7 Å². The average Bonchev–Trinajstić information content (AvgIpc) is 3.14. The Morgan fingerprint density at radius 2 is 1.83 bits per heavy atom. The van der Waals surface area contributed by atoms with Crippen molar-refractivity contribution >= 4 is 12.4 Å². The largest absolute Gasteiger partial charge is 0.416 e. The van der Waals surface area contributed by atoms with Crippen LogP contribution in [0.1, 0.15) is 48.3 Å². The highest BCUT2D eigenvalue weighted by atomic mass is 35.5. The lowest BCUT2D eigenvalue weighted by molar-refractivity contribution is -0.139. The molecule has 1 aromatic carbocycles. The molecule has 2 aliphatic heterocycles. The molecule has 2 heterocycles. The number of alkyl halides is 3. The van der Waals surface area contributed by atoms with Crippen LogP contribution in [0.4, 0.5) is 13.2 Å². The van der Waals surface area contributed by atoms with Gasteiger partial charge in [-0.05, 0) is 30.0 Å². The molecule has 23 heavy (non-hydrogen) atoms. The lowest BCUT2D eigenvalue weighted by Gasteiger charge is -2.29.